The van der Waals surface area contributed by atoms with Crippen molar-refractivity contribution < 1.29 is 19.0 Å². The van der Waals surface area contributed by atoms with Gasteiger partial charge < -0.3 is 14.7 Å². The van der Waals surface area contributed by atoms with E-state index < -0.39 is 0 Å². The van der Waals surface area contributed by atoms with Crippen molar-refractivity contribution in [1.82, 2.24) is 5.32 Å². The molecule has 0 aromatic heterocycles. The second kappa shape index (κ2) is 7.15. The van der Waals surface area contributed by atoms with Crippen LogP contribution in [-0.2, 0) is 16.0 Å². The highest BCUT2D eigenvalue weighted by atomic mass is 16.5. The molecule has 0 bridgehead atoms. The van der Waals surface area contributed by atoms with Gasteiger partial charge in [-0.3, -0.25) is 4.79 Å². The first-order chi connectivity index (χ1) is 10.2. The summed E-state index contributed by atoms with van der Waals surface area (Å²) in [6.45, 7) is 4.16. The van der Waals surface area contributed by atoms with Crippen molar-refractivity contribution >= 4 is 19.4 Å². The van der Waals surface area contributed by atoms with Crippen molar-refractivity contribution in [3.8, 4) is 5.75 Å². The molecule has 1 atom stereocenters. The van der Waals surface area contributed by atoms with Crippen LogP contribution in [0.1, 0.15) is 42.6 Å². The summed E-state index contributed by atoms with van der Waals surface area (Å²) in [7, 11) is 0.372. The molecule has 0 saturated carbocycles. The van der Waals surface area contributed by atoms with Crippen LogP contribution >= 0.6 is 0 Å². The Morgan fingerprint density at radius 2 is 2.24 bits per heavy atom. The average Bonchev–Trinajstić information content (AvgIpc) is 2.51. The van der Waals surface area contributed by atoms with Gasteiger partial charge in [0.15, 0.2) is 0 Å². The number of benzene rings is 1. The Labute approximate surface area is 125 Å². The Hall–Kier alpha value is -1.98. The van der Waals surface area contributed by atoms with E-state index in [4.69, 9.17) is 9.39 Å². The number of carbonyl (C=O) groups is 2. The smallest absolute Gasteiger partial charge is 0.363 e. The van der Waals surface area contributed by atoms with Gasteiger partial charge in [0.05, 0.1) is 6.61 Å². The number of hydrogen-bond donors (Lipinski definition) is 1. The van der Waals surface area contributed by atoms with E-state index in [0.29, 0.717) is 38.2 Å². The molecule has 1 aromatic carbocycles. The van der Waals surface area contributed by atoms with E-state index in [1.54, 1.807) is 6.07 Å². The van der Waals surface area contributed by atoms with Crippen LogP contribution in [0.3, 0.4) is 0 Å². The third kappa shape index (κ3) is 3.77. The maximum atomic E-state index is 12.0. The van der Waals surface area contributed by atoms with E-state index in [1.165, 1.54) is 0 Å². The van der Waals surface area contributed by atoms with E-state index in [1.807, 2.05) is 26.0 Å². The first kappa shape index (κ1) is 15.4. The van der Waals surface area contributed by atoms with Crippen LogP contribution in [0.5, 0.6) is 5.75 Å². The molecule has 2 rings (SSSR count). The van der Waals surface area contributed by atoms with Gasteiger partial charge in [-0.15, -0.1) is 0 Å². The second-order valence-corrected chi connectivity index (χ2v) is 5.06. The van der Waals surface area contributed by atoms with Gasteiger partial charge in [0.25, 0.3) is 0 Å². The quantitative estimate of drug-likeness (QED) is 0.657. The summed E-state index contributed by atoms with van der Waals surface area (Å²) < 4.78 is 10.9. The molecular weight excluding hydrogens is 269 g/mol. The van der Waals surface area contributed by atoms with E-state index in [-0.39, 0.29) is 17.8 Å². The summed E-state index contributed by atoms with van der Waals surface area (Å²) >= 11 is 0. The topological polar surface area (TPSA) is 64.6 Å². The van der Waals surface area contributed by atoms with Gasteiger partial charge >= 0.3 is 13.5 Å². The number of amides is 1. The molecule has 5 nitrogen and oxygen atoms in total. The Kier molecular flexibility index (Phi) is 5.25. The lowest BCUT2D eigenvalue weighted by Gasteiger charge is -2.26. The van der Waals surface area contributed by atoms with Gasteiger partial charge in [-0.1, -0.05) is 26.0 Å². The van der Waals surface area contributed by atoms with Crippen molar-refractivity contribution in [2.45, 2.75) is 39.1 Å². The number of esters is 1. The molecule has 112 valence electrons. The van der Waals surface area contributed by atoms with Crippen LogP contribution in [0.2, 0.25) is 0 Å². The van der Waals surface area contributed by atoms with Crippen molar-refractivity contribution in [3.63, 3.8) is 0 Å². The molecule has 0 spiro atoms. The fourth-order valence-electron chi connectivity index (χ4n) is 2.28. The second-order valence-electron chi connectivity index (χ2n) is 5.06. The predicted octanol–water partition coefficient (Wildman–Crippen LogP) is 1.39. The van der Waals surface area contributed by atoms with Crippen LogP contribution in [0.15, 0.2) is 18.2 Å². The maximum Gasteiger partial charge on any atom is 0.363 e. The van der Waals surface area contributed by atoms with Gasteiger partial charge in [0, 0.05) is 12.4 Å². The van der Waals surface area contributed by atoms with Crippen molar-refractivity contribution in [1.29, 1.82) is 0 Å². The summed E-state index contributed by atoms with van der Waals surface area (Å²) in [5.41, 5.74) is 1.38. The Morgan fingerprint density at radius 3 is 2.95 bits per heavy atom. The minimum Gasteiger partial charge on any atom is -0.561 e. The number of rotatable bonds is 5. The van der Waals surface area contributed by atoms with Crippen molar-refractivity contribution in [2.24, 2.45) is 0 Å². The summed E-state index contributed by atoms with van der Waals surface area (Å²) in [6, 6.07) is 5.44. The summed E-state index contributed by atoms with van der Waals surface area (Å²) in [5, 5.41) is 2.91. The molecular formula is C15H20BNO4. The predicted molar refractivity (Wildman–Crippen MR) is 80.7 cm³/mol. The monoisotopic (exact) mass is 289 g/mol. The summed E-state index contributed by atoms with van der Waals surface area (Å²) in [5.74, 6) is 0.183. The van der Waals surface area contributed by atoms with Crippen LogP contribution in [0.25, 0.3) is 0 Å². The number of ether oxygens (including phenoxy) is 1. The summed E-state index contributed by atoms with van der Waals surface area (Å²) in [6.07, 6.45) is 1.90. The molecule has 0 saturated heterocycles. The van der Waals surface area contributed by atoms with Gasteiger partial charge in [0.1, 0.15) is 11.3 Å². The van der Waals surface area contributed by atoms with Gasteiger partial charge in [0.2, 0.25) is 5.91 Å². The molecule has 1 unspecified atom stereocenters. The zero-order valence-corrected chi connectivity index (χ0v) is 12.5. The molecule has 0 radical (unpaired) electrons. The standard InChI is InChI=1S/C15H20BNO4/c1-3-8-20-15(19)11-7-5-6-10-9-12(16-21-14(10)11)17-13(18)4-2/h5-7,12,16H,3-4,8-9H2,1-2H3,(H,17,18). The first-order valence-corrected chi connectivity index (χ1v) is 7.36. The van der Waals surface area contributed by atoms with Crippen LogP contribution in [-0.4, -0.2) is 31.9 Å². The highest BCUT2D eigenvalue weighted by Gasteiger charge is 2.27. The number of hydrogen-bond acceptors (Lipinski definition) is 4. The molecule has 0 aliphatic carbocycles. The van der Waals surface area contributed by atoms with E-state index >= 15 is 0 Å². The average molecular weight is 289 g/mol. The van der Waals surface area contributed by atoms with Crippen LogP contribution < -0.4 is 9.97 Å². The van der Waals surface area contributed by atoms with E-state index in [2.05, 4.69) is 5.32 Å². The van der Waals surface area contributed by atoms with Crippen molar-refractivity contribution in [2.75, 3.05) is 6.61 Å². The lowest BCUT2D eigenvalue weighted by atomic mass is 9.79. The largest absolute Gasteiger partial charge is 0.561 e. The molecule has 1 aliphatic rings. The number of nitrogens with one attached hydrogen (secondary N) is 1. The van der Waals surface area contributed by atoms with E-state index in [9.17, 15) is 9.59 Å². The molecule has 1 heterocycles. The minimum atomic E-state index is -0.357. The van der Waals surface area contributed by atoms with Gasteiger partial charge in [-0.05, 0) is 24.5 Å². The Bertz CT molecular complexity index is 532. The minimum absolute atomic E-state index is 0.00515. The molecule has 1 aromatic rings. The lowest BCUT2D eigenvalue weighted by molar-refractivity contribution is -0.121. The Balaban J connectivity index is 2.12. The molecule has 1 amide bonds. The van der Waals surface area contributed by atoms with Gasteiger partial charge in [-0.2, -0.15) is 0 Å². The molecule has 1 aliphatic heterocycles. The SMILES string of the molecule is CCCOC(=O)c1cccc2c1OBC(NC(=O)CC)C2. The zero-order chi connectivity index (χ0) is 15.2. The lowest BCUT2D eigenvalue weighted by Crippen LogP contribution is -2.45. The molecule has 6 heteroatoms. The third-order valence-electron chi connectivity index (χ3n) is 3.34. The fraction of sp³-hybridized carbons (Fsp3) is 0.467. The maximum absolute atomic E-state index is 12.0. The summed E-state index contributed by atoms with van der Waals surface area (Å²) in [4.78, 5) is 23.5. The highest BCUT2D eigenvalue weighted by Crippen LogP contribution is 2.29. The van der Waals surface area contributed by atoms with Crippen molar-refractivity contribution in [3.05, 3.63) is 29.3 Å². The fourth-order valence-corrected chi connectivity index (χ4v) is 2.28. The first-order valence-electron chi connectivity index (χ1n) is 7.36. The number of para-hydroxylation sites is 1. The van der Waals surface area contributed by atoms with Gasteiger partial charge in [-0.25, -0.2) is 4.79 Å². The molecule has 0 fully saturated rings. The zero-order valence-electron chi connectivity index (χ0n) is 12.5. The normalized spacial score (nSPS) is 16.2. The highest BCUT2D eigenvalue weighted by molar-refractivity contribution is 6.32. The third-order valence-corrected chi connectivity index (χ3v) is 3.34. The number of carbonyl (C=O) groups excluding carboxylic acids is 2. The molecule has 21 heavy (non-hydrogen) atoms. The Morgan fingerprint density at radius 1 is 1.43 bits per heavy atom. The van der Waals surface area contributed by atoms with Crippen LogP contribution in [0, 0.1) is 0 Å². The van der Waals surface area contributed by atoms with E-state index in [0.717, 1.165) is 12.0 Å². The number of fused-ring (bicyclic) bond motifs is 1. The molecule has 1 N–H and O–H groups in total. The van der Waals surface area contributed by atoms with Crippen LogP contribution in [0.4, 0.5) is 0 Å².